The van der Waals surface area contributed by atoms with Gasteiger partial charge in [-0.05, 0) is 58.3 Å². The van der Waals surface area contributed by atoms with E-state index in [1.165, 1.54) is 18.4 Å². The lowest BCUT2D eigenvalue weighted by molar-refractivity contribution is -0.0897. The van der Waals surface area contributed by atoms with Gasteiger partial charge in [0.05, 0.1) is 5.60 Å². The normalized spacial score (nSPS) is 31.2. The van der Waals surface area contributed by atoms with Gasteiger partial charge in [0.1, 0.15) is 0 Å². The molecule has 2 nitrogen and oxygen atoms in total. The van der Waals surface area contributed by atoms with E-state index in [0.717, 1.165) is 38.2 Å². The van der Waals surface area contributed by atoms with Crippen molar-refractivity contribution in [3.8, 4) is 0 Å². The number of ether oxygens (including phenoxy) is 1. The molecule has 2 N–H and O–H groups in total. The van der Waals surface area contributed by atoms with Gasteiger partial charge in [0, 0.05) is 12.6 Å². The topological polar surface area (TPSA) is 35.2 Å². The Labute approximate surface area is 107 Å². The minimum atomic E-state index is -0.0588. The van der Waals surface area contributed by atoms with Gasteiger partial charge >= 0.3 is 0 Å². The molecule has 100 valence electrons. The third-order valence-corrected chi connectivity index (χ3v) is 4.11. The Balaban J connectivity index is 2.60. The summed E-state index contributed by atoms with van der Waals surface area (Å²) in [5.41, 5.74) is 7.56. The lowest BCUT2D eigenvalue weighted by Crippen LogP contribution is -2.52. The number of hydrogen-bond donors (Lipinski definition) is 1. The summed E-state index contributed by atoms with van der Waals surface area (Å²) in [5, 5.41) is 0. The SMILES string of the molecule is C=C(C)CCC(N)C1(OCC)CCC(C)CC1. The van der Waals surface area contributed by atoms with Crippen LogP contribution in [0.5, 0.6) is 0 Å². The van der Waals surface area contributed by atoms with Gasteiger partial charge in [0.15, 0.2) is 0 Å². The van der Waals surface area contributed by atoms with E-state index in [0.29, 0.717) is 0 Å². The van der Waals surface area contributed by atoms with Crippen molar-refractivity contribution in [1.82, 2.24) is 0 Å². The highest BCUT2D eigenvalue weighted by Crippen LogP contribution is 2.38. The molecular formula is C15H29NO. The molecule has 0 aromatic carbocycles. The third-order valence-electron chi connectivity index (χ3n) is 4.11. The molecule has 1 rings (SSSR count). The Bertz CT molecular complexity index is 241. The number of allylic oxidation sites excluding steroid dienone is 1. The van der Waals surface area contributed by atoms with E-state index in [1.54, 1.807) is 0 Å². The fraction of sp³-hybridized carbons (Fsp3) is 0.867. The van der Waals surface area contributed by atoms with Gasteiger partial charge in [-0.15, -0.1) is 6.58 Å². The van der Waals surface area contributed by atoms with Crippen LogP contribution in [-0.4, -0.2) is 18.2 Å². The predicted molar refractivity (Wildman–Crippen MR) is 74.0 cm³/mol. The minimum absolute atomic E-state index is 0.0588. The van der Waals surface area contributed by atoms with Gasteiger partial charge < -0.3 is 10.5 Å². The van der Waals surface area contributed by atoms with Crippen molar-refractivity contribution >= 4 is 0 Å². The highest BCUT2D eigenvalue weighted by Gasteiger charge is 2.39. The van der Waals surface area contributed by atoms with Crippen LogP contribution < -0.4 is 5.73 Å². The van der Waals surface area contributed by atoms with E-state index in [9.17, 15) is 0 Å². The zero-order valence-electron chi connectivity index (χ0n) is 11.8. The molecule has 1 saturated carbocycles. The van der Waals surface area contributed by atoms with Gasteiger partial charge in [0.2, 0.25) is 0 Å². The lowest BCUT2D eigenvalue weighted by atomic mass is 9.74. The molecule has 0 spiro atoms. The largest absolute Gasteiger partial charge is 0.374 e. The molecule has 1 unspecified atom stereocenters. The minimum Gasteiger partial charge on any atom is -0.374 e. The van der Waals surface area contributed by atoms with E-state index in [1.807, 2.05) is 0 Å². The molecule has 2 heteroatoms. The highest BCUT2D eigenvalue weighted by atomic mass is 16.5. The Morgan fingerprint density at radius 1 is 1.47 bits per heavy atom. The maximum absolute atomic E-state index is 6.40. The summed E-state index contributed by atoms with van der Waals surface area (Å²) in [6, 6.07) is 0.159. The Morgan fingerprint density at radius 3 is 2.53 bits per heavy atom. The highest BCUT2D eigenvalue weighted by molar-refractivity contribution is 4.98. The Morgan fingerprint density at radius 2 is 2.06 bits per heavy atom. The third kappa shape index (κ3) is 4.11. The molecule has 0 bridgehead atoms. The first-order chi connectivity index (χ1) is 8.00. The standard InChI is InChI=1S/C15H29NO/c1-5-17-15(10-8-13(4)9-11-15)14(16)7-6-12(2)3/h13-14H,2,5-11,16H2,1,3-4H3. The first-order valence-corrected chi connectivity index (χ1v) is 7.04. The van der Waals surface area contributed by atoms with Gasteiger partial charge in [-0.3, -0.25) is 0 Å². The van der Waals surface area contributed by atoms with Crippen molar-refractivity contribution in [3.63, 3.8) is 0 Å². The summed E-state index contributed by atoms with van der Waals surface area (Å²) >= 11 is 0. The maximum Gasteiger partial charge on any atom is 0.0832 e. The van der Waals surface area contributed by atoms with Crippen LogP contribution in [0.3, 0.4) is 0 Å². The first kappa shape index (κ1) is 14.7. The van der Waals surface area contributed by atoms with Crippen molar-refractivity contribution in [2.45, 2.75) is 70.9 Å². The summed E-state index contributed by atoms with van der Waals surface area (Å²) in [6.45, 7) is 11.2. The quantitative estimate of drug-likeness (QED) is 0.718. The fourth-order valence-electron chi connectivity index (χ4n) is 2.83. The van der Waals surface area contributed by atoms with Gasteiger partial charge in [-0.2, -0.15) is 0 Å². The summed E-state index contributed by atoms with van der Waals surface area (Å²) < 4.78 is 6.06. The molecule has 0 aromatic rings. The fourth-order valence-corrected chi connectivity index (χ4v) is 2.83. The van der Waals surface area contributed by atoms with Crippen LogP contribution in [0.15, 0.2) is 12.2 Å². The molecule has 0 saturated heterocycles. The van der Waals surface area contributed by atoms with Gasteiger partial charge in [-0.1, -0.05) is 12.5 Å². The van der Waals surface area contributed by atoms with Crippen molar-refractivity contribution in [1.29, 1.82) is 0 Å². The molecule has 1 fully saturated rings. The van der Waals surface area contributed by atoms with E-state index < -0.39 is 0 Å². The predicted octanol–water partition coefficient (Wildman–Crippen LogP) is 3.66. The molecule has 1 aliphatic carbocycles. The molecule has 0 radical (unpaired) electrons. The maximum atomic E-state index is 6.40. The zero-order chi connectivity index (χ0) is 12.9. The second-order valence-corrected chi connectivity index (χ2v) is 5.78. The van der Waals surface area contributed by atoms with Crippen LogP contribution in [0.1, 0.15) is 59.3 Å². The Kier molecular flexibility index (Phi) is 5.68. The second-order valence-electron chi connectivity index (χ2n) is 5.78. The molecule has 0 amide bonds. The summed E-state index contributed by atoms with van der Waals surface area (Å²) in [4.78, 5) is 0. The van der Waals surface area contributed by atoms with Crippen LogP contribution in [0.25, 0.3) is 0 Å². The lowest BCUT2D eigenvalue weighted by Gasteiger charge is -2.43. The molecule has 1 atom stereocenters. The van der Waals surface area contributed by atoms with Crippen molar-refractivity contribution in [2.75, 3.05) is 6.61 Å². The molecule has 1 aliphatic rings. The molecule has 17 heavy (non-hydrogen) atoms. The smallest absolute Gasteiger partial charge is 0.0832 e. The van der Waals surface area contributed by atoms with Crippen molar-refractivity contribution < 1.29 is 4.74 Å². The molecule has 0 aromatic heterocycles. The van der Waals surface area contributed by atoms with E-state index >= 15 is 0 Å². The Hall–Kier alpha value is -0.340. The van der Waals surface area contributed by atoms with Crippen LogP contribution in [0.2, 0.25) is 0 Å². The average Bonchev–Trinajstić information content (AvgIpc) is 2.29. The second kappa shape index (κ2) is 6.55. The van der Waals surface area contributed by atoms with E-state index in [-0.39, 0.29) is 11.6 Å². The van der Waals surface area contributed by atoms with Gasteiger partial charge in [-0.25, -0.2) is 0 Å². The number of nitrogens with two attached hydrogens (primary N) is 1. The summed E-state index contributed by atoms with van der Waals surface area (Å²) in [7, 11) is 0. The van der Waals surface area contributed by atoms with Crippen LogP contribution in [0, 0.1) is 5.92 Å². The first-order valence-electron chi connectivity index (χ1n) is 7.04. The molecule has 0 heterocycles. The molecular weight excluding hydrogens is 210 g/mol. The van der Waals surface area contributed by atoms with Crippen molar-refractivity contribution in [2.24, 2.45) is 11.7 Å². The van der Waals surface area contributed by atoms with Crippen molar-refractivity contribution in [3.05, 3.63) is 12.2 Å². The monoisotopic (exact) mass is 239 g/mol. The van der Waals surface area contributed by atoms with E-state index in [4.69, 9.17) is 10.5 Å². The van der Waals surface area contributed by atoms with Gasteiger partial charge in [0.25, 0.3) is 0 Å². The number of hydrogen-bond acceptors (Lipinski definition) is 2. The zero-order valence-corrected chi connectivity index (χ0v) is 11.8. The van der Waals surface area contributed by atoms with Crippen LogP contribution >= 0.6 is 0 Å². The van der Waals surface area contributed by atoms with Crippen LogP contribution in [0.4, 0.5) is 0 Å². The van der Waals surface area contributed by atoms with E-state index in [2.05, 4.69) is 27.4 Å². The summed E-state index contributed by atoms with van der Waals surface area (Å²) in [5.74, 6) is 0.830. The molecule has 0 aliphatic heterocycles. The number of rotatable bonds is 6. The summed E-state index contributed by atoms with van der Waals surface area (Å²) in [6.07, 6.45) is 6.77. The average molecular weight is 239 g/mol. The van der Waals surface area contributed by atoms with Crippen LogP contribution in [-0.2, 0) is 4.74 Å².